The zero-order valence-electron chi connectivity index (χ0n) is 16.6. The van der Waals surface area contributed by atoms with Gasteiger partial charge in [-0.2, -0.15) is 5.10 Å². The Morgan fingerprint density at radius 2 is 1.74 bits per heavy atom. The Bertz CT molecular complexity index is 1200. The van der Waals surface area contributed by atoms with Crippen molar-refractivity contribution in [1.29, 1.82) is 0 Å². The van der Waals surface area contributed by atoms with Crippen molar-refractivity contribution in [2.24, 2.45) is 5.10 Å². The number of ether oxygens (including phenoxy) is 1. The summed E-state index contributed by atoms with van der Waals surface area (Å²) in [4.78, 5) is 16.6. The maximum Gasteiger partial charge on any atom is 0.343 e. The Morgan fingerprint density at radius 3 is 2.45 bits per heavy atom. The molecule has 0 aliphatic rings. The van der Waals surface area contributed by atoms with Crippen molar-refractivity contribution in [1.82, 2.24) is 4.98 Å². The van der Waals surface area contributed by atoms with Gasteiger partial charge in [-0.25, -0.2) is 14.2 Å². The van der Waals surface area contributed by atoms with Gasteiger partial charge < -0.3 is 4.74 Å². The topological polar surface area (TPSA) is 63.6 Å². The molecule has 1 aromatic heterocycles. The van der Waals surface area contributed by atoms with E-state index >= 15 is 0 Å². The van der Waals surface area contributed by atoms with Crippen LogP contribution in [0.1, 0.15) is 21.5 Å². The number of carbonyl (C=O) groups excluding carboxylic acids is 1. The summed E-state index contributed by atoms with van der Waals surface area (Å²) in [5, 5.41) is 6.88. The highest BCUT2D eigenvalue weighted by Crippen LogP contribution is 2.25. The minimum absolute atomic E-state index is 0.282. The molecule has 0 aliphatic heterocycles. The molecule has 3 aromatic carbocycles. The van der Waals surface area contributed by atoms with Gasteiger partial charge in [0, 0.05) is 10.9 Å². The number of nitrogens with zero attached hydrogens (tertiary/aromatic N) is 2. The number of halogens is 1. The van der Waals surface area contributed by atoms with Crippen LogP contribution in [0.4, 0.5) is 9.52 Å². The molecule has 154 valence electrons. The molecule has 0 bridgehead atoms. The largest absolute Gasteiger partial charge is 0.423 e. The molecule has 4 aromatic rings. The fourth-order valence-electron chi connectivity index (χ4n) is 2.72. The van der Waals surface area contributed by atoms with Crippen LogP contribution >= 0.6 is 11.3 Å². The molecule has 0 unspecified atom stereocenters. The summed E-state index contributed by atoms with van der Waals surface area (Å²) < 4.78 is 18.2. The molecular weight excluding hydrogens is 413 g/mol. The van der Waals surface area contributed by atoms with Gasteiger partial charge in [-0.15, -0.1) is 11.3 Å². The molecule has 7 heteroatoms. The van der Waals surface area contributed by atoms with Gasteiger partial charge in [-0.3, -0.25) is 5.43 Å². The summed E-state index contributed by atoms with van der Waals surface area (Å²) >= 11 is 1.47. The van der Waals surface area contributed by atoms with Crippen LogP contribution in [0.3, 0.4) is 0 Å². The highest BCUT2D eigenvalue weighted by Gasteiger charge is 2.08. The summed E-state index contributed by atoms with van der Waals surface area (Å²) in [6, 6.07) is 20.3. The minimum atomic E-state index is -0.545. The molecule has 0 amide bonds. The number of aromatic nitrogens is 1. The number of aryl methyl sites for hydroxylation is 1. The van der Waals surface area contributed by atoms with Gasteiger partial charge in [0.15, 0.2) is 0 Å². The van der Waals surface area contributed by atoms with Crippen LogP contribution in [0.25, 0.3) is 11.3 Å². The van der Waals surface area contributed by atoms with Crippen LogP contribution in [0.2, 0.25) is 0 Å². The normalized spacial score (nSPS) is 10.9. The first-order valence-electron chi connectivity index (χ1n) is 9.46. The van der Waals surface area contributed by atoms with Gasteiger partial charge >= 0.3 is 5.97 Å². The number of carbonyl (C=O) groups is 1. The van der Waals surface area contributed by atoms with E-state index in [1.54, 1.807) is 30.5 Å². The Hall–Kier alpha value is -3.84. The molecule has 1 N–H and O–H groups in total. The highest BCUT2D eigenvalue weighted by molar-refractivity contribution is 7.14. The quantitative estimate of drug-likeness (QED) is 0.178. The number of esters is 1. The van der Waals surface area contributed by atoms with Gasteiger partial charge in [0.25, 0.3) is 0 Å². The van der Waals surface area contributed by atoms with Crippen LogP contribution in [0.5, 0.6) is 5.75 Å². The lowest BCUT2D eigenvalue weighted by Gasteiger charge is -2.04. The van der Waals surface area contributed by atoms with Crippen molar-refractivity contribution in [2.45, 2.75) is 6.92 Å². The average Bonchev–Trinajstić information content (AvgIpc) is 3.25. The summed E-state index contributed by atoms with van der Waals surface area (Å²) in [5.41, 5.74) is 7.20. The molecule has 0 radical (unpaired) electrons. The van der Waals surface area contributed by atoms with Gasteiger partial charge in [-0.1, -0.05) is 29.8 Å². The van der Waals surface area contributed by atoms with E-state index in [4.69, 9.17) is 4.74 Å². The molecule has 0 fully saturated rings. The third-order valence-electron chi connectivity index (χ3n) is 4.40. The van der Waals surface area contributed by atoms with Gasteiger partial charge in [0.2, 0.25) is 5.13 Å². The Kier molecular flexibility index (Phi) is 6.14. The molecule has 0 spiro atoms. The van der Waals surface area contributed by atoms with Gasteiger partial charge in [-0.05, 0) is 61.0 Å². The van der Waals surface area contributed by atoms with Crippen LogP contribution in [0, 0.1) is 12.7 Å². The van der Waals surface area contributed by atoms with E-state index < -0.39 is 11.8 Å². The third-order valence-corrected chi connectivity index (χ3v) is 5.14. The van der Waals surface area contributed by atoms with Gasteiger partial charge in [0.1, 0.15) is 11.6 Å². The Morgan fingerprint density at radius 1 is 1.03 bits per heavy atom. The van der Waals surface area contributed by atoms with Crippen LogP contribution < -0.4 is 10.2 Å². The summed E-state index contributed by atoms with van der Waals surface area (Å²) in [5.74, 6) is -0.559. The van der Waals surface area contributed by atoms with Crippen molar-refractivity contribution >= 4 is 28.7 Å². The highest BCUT2D eigenvalue weighted by atomic mass is 32.1. The van der Waals surface area contributed by atoms with E-state index in [1.807, 2.05) is 17.5 Å². The van der Waals surface area contributed by atoms with E-state index in [2.05, 4.69) is 34.6 Å². The number of hydrazone groups is 1. The predicted molar refractivity (Wildman–Crippen MR) is 121 cm³/mol. The van der Waals surface area contributed by atoms with Crippen molar-refractivity contribution in [3.63, 3.8) is 0 Å². The number of benzene rings is 3. The number of thiazole rings is 1. The number of hydrogen-bond donors (Lipinski definition) is 1. The van der Waals surface area contributed by atoms with Crippen LogP contribution in [-0.4, -0.2) is 17.2 Å². The first-order valence-corrected chi connectivity index (χ1v) is 10.3. The fraction of sp³-hybridized carbons (Fsp3) is 0.0417. The fourth-order valence-corrected chi connectivity index (χ4v) is 3.39. The number of nitrogens with one attached hydrogen (secondary N) is 1. The third kappa shape index (κ3) is 5.40. The maximum absolute atomic E-state index is 13.0. The lowest BCUT2D eigenvalue weighted by molar-refractivity contribution is 0.0734. The zero-order valence-corrected chi connectivity index (χ0v) is 17.4. The van der Waals surface area contributed by atoms with E-state index in [9.17, 15) is 9.18 Å². The van der Waals surface area contributed by atoms with Crippen molar-refractivity contribution in [2.75, 3.05) is 5.43 Å². The first kappa shape index (κ1) is 20.4. The second kappa shape index (κ2) is 9.32. The molecule has 1 heterocycles. The summed E-state index contributed by atoms with van der Waals surface area (Å²) in [6.45, 7) is 2.05. The van der Waals surface area contributed by atoms with E-state index in [-0.39, 0.29) is 5.56 Å². The van der Waals surface area contributed by atoms with Crippen molar-refractivity contribution in [3.8, 4) is 17.0 Å². The number of hydrogen-bond acceptors (Lipinski definition) is 6. The second-order valence-corrected chi connectivity index (χ2v) is 7.60. The average molecular weight is 431 g/mol. The maximum atomic E-state index is 13.0. The number of rotatable bonds is 6. The van der Waals surface area contributed by atoms with Crippen molar-refractivity contribution < 1.29 is 13.9 Å². The lowest BCUT2D eigenvalue weighted by Crippen LogP contribution is -2.08. The molecule has 5 nitrogen and oxygen atoms in total. The SMILES string of the molecule is Cc1ccc(-c2csc(N/N=C\c3ccc(OC(=O)c4ccc(F)cc4)cc3)n2)cc1. The molecule has 31 heavy (non-hydrogen) atoms. The monoisotopic (exact) mass is 431 g/mol. The molecular formula is C24H18FN3O2S. The number of anilines is 1. The first-order chi connectivity index (χ1) is 15.1. The minimum Gasteiger partial charge on any atom is -0.423 e. The summed E-state index contributed by atoms with van der Waals surface area (Å²) in [7, 11) is 0. The molecule has 0 atom stereocenters. The molecule has 4 rings (SSSR count). The Balaban J connectivity index is 1.33. The van der Waals surface area contributed by atoms with E-state index in [1.165, 1.54) is 41.2 Å². The van der Waals surface area contributed by atoms with E-state index in [0.717, 1.165) is 16.8 Å². The Labute approximate surface area is 182 Å². The lowest BCUT2D eigenvalue weighted by atomic mass is 10.1. The second-order valence-electron chi connectivity index (χ2n) is 6.74. The predicted octanol–water partition coefficient (Wildman–Crippen LogP) is 5.92. The van der Waals surface area contributed by atoms with Crippen molar-refractivity contribution in [3.05, 3.63) is 101 Å². The standard InChI is InChI=1S/C24H18FN3O2S/c1-16-2-6-18(7-3-16)22-15-31-24(27-22)28-26-14-17-4-12-21(13-5-17)30-23(29)19-8-10-20(25)11-9-19/h2-15H,1H3,(H,27,28)/b26-14-. The summed E-state index contributed by atoms with van der Waals surface area (Å²) in [6.07, 6.45) is 1.65. The zero-order chi connectivity index (χ0) is 21.6. The molecule has 0 saturated carbocycles. The molecule has 0 saturated heterocycles. The smallest absolute Gasteiger partial charge is 0.343 e. The van der Waals surface area contributed by atoms with Crippen LogP contribution in [0.15, 0.2) is 83.3 Å². The molecule has 0 aliphatic carbocycles. The van der Waals surface area contributed by atoms with Crippen LogP contribution in [-0.2, 0) is 0 Å². The van der Waals surface area contributed by atoms with Gasteiger partial charge in [0.05, 0.1) is 17.5 Å². The van der Waals surface area contributed by atoms with E-state index in [0.29, 0.717) is 10.9 Å².